The zero-order valence-corrected chi connectivity index (χ0v) is 10.9. The Morgan fingerprint density at radius 3 is 2.25 bits per heavy atom. The molecule has 3 heteroatoms. The van der Waals surface area contributed by atoms with Crippen molar-refractivity contribution in [2.75, 3.05) is 0 Å². The van der Waals surface area contributed by atoms with Crippen molar-refractivity contribution in [1.82, 2.24) is 10.2 Å². The number of nitrogens with zero attached hydrogens (tertiary/aromatic N) is 1. The first-order chi connectivity index (χ1) is 9.88. The van der Waals surface area contributed by atoms with Crippen molar-refractivity contribution < 1.29 is 4.79 Å². The van der Waals surface area contributed by atoms with Crippen molar-refractivity contribution in [3.05, 3.63) is 77.5 Å². The van der Waals surface area contributed by atoms with Gasteiger partial charge < -0.3 is 0 Å². The molecule has 3 aromatic rings. The number of H-pyrrole nitrogens is 1. The van der Waals surface area contributed by atoms with Gasteiger partial charge in [-0.2, -0.15) is 5.10 Å². The van der Waals surface area contributed by atoms with Gasteiger partial charge >= 0.3 is 0 Å². The number of hydrogen-bond donors (Lipinski definition) is 1. The van der Waals surface area contributed by atoms with Crippen molar-refractivity contribution in [2.45, 2.75) is 6.42 Å². The summed E-state index contributed by atoms with van der Waals surface area (Å²) in [6.07, 6.45) is 1.55. The largest absolute Gasteiger partial charge is 0.298 e. The summed E-state index contributed by atoms with van der Waals surface area (Å²) < 4.78 is 0. The van der Waals surface area contributed by atoms with Gasteiger partial charge in [0.15, 0.2) is 6.29 Å². The molecule has 0 bridgehead atoms. The van der Waals surface area contributed by atoms with E-state index in [-0.39, 0.29) is 0 Å². The maximum atomic E-state index is 11.4. The number of aldehydes is 1. The Hall–Kier alpha value is -2.68. The summed E-state index contributed by atoms with van der Waals surface area (Å²) in [4.78, 5) is 11.4. The van der Waals surface area contributed by atoms with Gasteiger partial charge in [-0.15, -0.1) is 0 Å². The standard InChI is InChI=1S/C17H14N2O/c20-12-15-16(11-13-7-3-1-4-8-13)18-19-17(15)14-9-5-2-6-10-14/h1-10,12H,11H2,(H,18,19). The van der Waals surface area contributed by atoms with Gasteiger partial charge in [-0.25, -0.2) is 0 Å². The molecule has 1 heterocycles. The third-order valence-corrected chi connectivity index (χ3v) is 3.27. The normalized spacial score (nSPS) is 10.4. The first-order valence-electron chi connectivity index (χ1n) is 6.50. The van der Waals surface area contributed by atoms with Crippen molar-refractivity contribution >= 4 is 6.29 Å². The van der Waals surface area contributed by atoms with E-state index in [1.165, 1.54) is 0 Å². The molecule has 1 N–H and O–H groups in total. The lowest BCUT2D eigenvalue weighted by molar-refractivity contribution is 0.112. The topological polar surface area (TPSA) is 45.8 Å². The average molecular weight is 262 g/mol. The number of benzene rings is 2. The number of aromatic amines is 1. The molecule has 0 radical (unpaired) electrons. The molecule has 2 aromatic carbocycles. The first-order valence-corrected chi connectivity index (χ1v) is 6.50. The van der Waals surface area contributed by atoms with Gasteiger partial charge in [-0.1, -0.05) is 60.7 Å². The Labute approximate surface area is 117 Å². The minimum Gasteiger partial charge on any atom is -0.298 e. The molecule has 0 fully saturated rings. The van der Waals surface area contributed by atoms with Gasteiger partial charge in [0, 0.05) is 12.0 Å². The minimum atomic E-state index is 0.639. The molecule has 0 aliphatic heterocycles. The summed E-state index contributed by atoms with van der Waals surface area (Å²) in [7, 11) is 0. The average Bonchev–Trinajstić information content (AvgIpc) is 2.92. The Morgan fingerprint density at radius 1 is 0.950 bits per heavy atom. The Balaban J connectivity index is 1.98. The summed E-state index contributed by atoms with van der Waals surface area (Å²) in [5, 5.41) is 7.29. The van der Waals surface area contributed by atoms with Crippen LogP contribution in [-0.2, 0) is 6.42 Å². The molecule has 0 amide bonds. The van der Waals surface area contributed by atoms with Crippen LogP contribution in [0.25, 0.3) is 11.3 Å². The molecule has 0 aliphatic rings. The fraction of sp³-hybridized carbons (Fsp3) is 0.0588. The van der Waals surface area contributed by atoms with Gasteiger partial charge in [0.05, 0.1) is 11.3 Å². The summed E-state index contributed by atoms with van der Waals surface area (Å²) in [5.74, 6) is 0. The molecule has 3 rings (SSSR count). The van der Waals surface area contributed by atoms with Crippen LogP contribution in [0, 0.1) is 0 Å². The van der Waals surface area contributed by atoms with Crippen LogP contribution in [0.3, 0.4) is 0 Å². The SMILES string of the molecule is O=Cc1c(-c2ccccc2)n[nH]c1Cc1ccccc1. The van der Waals surface area contributed by atoms with Crippen molar-refractivity contribution in [1.29, 1.82) is 0 Å². The predicted molar refractivity (Wildman–Crippen MR) is 78.7 cm³/mol. The third kappa shape index (κ3) is 2.38. The van der Waals surface area contributed by atoms with E-state index in [1.54, 1.807) is 0 Å². The van der Waals surface area contributed by atoms with Gasteiger partial charge in [0.2, 0.25) is 0 Å². The molecule has 0 atom stereocenters. The third-order valence-electron chi connectivity index (χ3n) is 3.27. The van der Waals surface area contributed by atoms with Crippen LogP contribution in [0.5, 0.6) is 0 Å². The van der Waals surface area contributed by atoms with Crippen LogP contribution in [0.2, 0.25) is 0 Å². The van der Waals surface area contributed by atoms with E-state index in [9.17, 15) is 4.79 Å². The molecule has 0 saturated carbocycles. The summed E-state index contributed by atoms with van der Waals surface area (Å²) in [6.45, 7) is 0. The monoisotopic (exact) mass is 262 g/mol. The predicted octanol–water partition coefficient (Wildman–Crippen LogP) is 3.48. The van der Waals surface area contributed by atoms with E-state index in [0.29, 0.717) is 17.7 Å². The Morgan fingerprint density at radius 2 is 1.60 bits per heavy atom. The molecule has 0 aliphatic carbocycles. The molecule has 0 saturated heterocycles. The first kappa shape index (κ1) is 12.4. The highest BCUT2D eigenvalue weighted by molar-refractivity contribution is 5.87. The fourth-order valence-electron chi connectivity index (χ4n) is 2.26. The zero-order valence-electron chi connectivity index (χ0n) is 10.9. The highest BCUT2D eigenvalue weighted by Gasteiger charge is 2.14. The van der Waals surface area contributed by atoms with E-state index < -0.39 is 0 Å². The van der Waals surface area contributed by atoms with Gasteiger partial charge in [0.25, 0.3) is 0 Å². The number of nitrogens with one attached hydrogen (secondary N) is 1. The van der Waals surface area contributed by atoms with Crippen molar-refractivity contribution in [3.63, 3.8) is 0 Å². The highest BCUT2D eigenvalue weighted by atomic mass is 16.1. The molecule has 0 spiro atoms. The van der Waals surface area contributed by atoms with Crippen LogP contribution >= 0.6 is 0 Å². The van der Waals surface area contributed by atoms with E-state index in [4.69, 9.17) is 0 Å². The number of carbonyl (C=O) groups is 1. The maximum Gasteiger partial charge on any atom is 0.154 e. The van der Waals surface area contributed by atoms with Crippen LogP contribution in [0.1, 0.15) is 21.6 Å². The highest BCUT2D eigenvalue weighted by Crippen LogP contribution is 2.23. The van der Waals surface area contributed by atoms with E-state index in [1.807, 2.05) is 60.7 Å². The number of carbonyl (C=O) groups excluding carboxylic acids is 1. The molecular weight excluding hydrogens is 248 g/mol. The summed E-state index contributed by atoms with van der Waals surface area (Å²) in [5.41, 5.74) is 4.31. The van der Waals surface area contributed by atoms with Gasteiger partial charge in [-0.3, -0.25) is 9.89 Å². The van der Waals surface area contributed by atoms with Crippen LogP contribution in [-0.4, -0.2) is 16.5 Å². The van der Waals surface area contributed by atoms with E-state index in [0.717, 1.165) is 23.1 Å². The molecule has 1 aromatic heterocycles. The Bertz CT molecular complexity index is 702. The smallest absolute Gasteiger partial charge is 0.154 e. The Kier molecular flexibility index (Phi) is 3.42. The molecule has 3 nitrogen and oxygen atoms in total. The van der Waals surface area contributed by atoms with Gasteiger partial charge in [0.1, 0.15) is 5.69 Å². The summed E-state index contributed by atoms with van der Waals surface area (Å²) >= 11 is 0. The molecular formula is C17H14N2O. The van der Waals surface area contributed by atoms with Crippen molar-refractivity contribution in [2.24, 2.45) is 0 Å². The molecule has 20 heavy (non-hydrogen) atoms. The lowest BCUT2D eigenvalue weighted by Crippen LogP contribution is -1.93. The number of aromatic nitrogens is 2. The zero-order chi connectivity index (χ0) is 13.8. The second-order valence-electron chi connectivity index (χ2n) is 4.61. The second-order valence-corrected chi connectivity index (χ2v) is 4.61. The number of rotatable bonds is 4. The molecule has 98 valence electrons. The maximum absolute atomic E-state index is 11.4. The quantitative estimate of drug-likeness (QED) is 0.732. The molecule has 0 unspecified atom stereocenters. The van der Waals surface area contributed by atoms with Crippen LogP contribution in [0.4, 0.5) is 0 Å². The van der Waals surface area contributed by atoms with Gasteiger partial charge in [-0.05, 0) is 5.56 Å². The van der Waals surface area contributed by atoms with Crippen LogP contribution in [0.15, 0.2) is 60.7 Å². The van der Waals surface area contributed by atoms with Crippen molar-refractivity contribution in [3.8, 4) is 11.3 Å². The fourth-order valence-corrected chi connectivity index (χ4v) is 2.26. The van der Waals surface area contributed by atoms with Crippen LogP contribution < -0.4 is 0 Å². The number of hydrogen-bond acceptors (Lipinski definition) is 2. The lowest BCUT2D eigenvalue weighted by atomic mass is 10.0. The summed E-state index contributed by atoms with van der Waals surface area (Å²) in [6, 6.07) is 19.8. The lowest BCUT2D eigenvalue weighted by Gasteiger charge is -2.00. The minimum absolute atomic E-state index is 0.639. The second kappa shape index (κ2) is 5.53. The van der Waals surface area contributed by atoms with E-state index >= 15 is 0 Å². The van der Waals surface area contributed by atoms with E-state index in [2.05, 4.69) is 10.2 Å².